The number of thiazole rings is 1. The Hall–Kier alpha value is -2.88. The number of aromatic nitrogens is 1. The van der Waals surface area contributed by atoms with Crippen LogP contribution in [0.3, 0.4) is 0 Å². The first-order chi connectivity index (χ1) is 15.4. The highest BCUT2D eigenvalue weighted by atomic mass is 32.1. The molecule has 1 aromatic carbocycles. The van der Waals surface area contributed by atoms with Gasteiger partial charge in [0.05, 0.1) is 40.3 Å². The number of aldehydes is 1. The minimum Gasteiger partial charge on any atom is -0.507 e. The zero-order valence-corrected chi connectivity index (χ0v) is 18.8. The van der Waals surface area contributed by atoms with Gasteiger partial charge in [0.2, 0.25) is 5.43 Å². The number of ketones is 1. The number of carbonyl (C=O) groups is 2. The van der Waals surface area contributed by atoms with Crippen molar-refractivity contribution >= 4 is 34.4 Å². The SMILES string of the molecule is Cc1nc(C(=O)CCCN2CCOCC2)sc1-c1c(C)oc2c(C=O)c(O)ccc2c1=O. The predicted octanol–water partition coefficient (Wildman–Crippen LogP) is 3.35. The molecule has 9 heteroatoms. The molecule has 3 heterocycles. The molecule has 4 rings (SSSR count). The number of phenolic OH excluding ortho intramolecular Hbond substituents is 1. The highest BCUT2D eigenvalue weighted by Gasteiger charge is 2.23. The summed E-state index contributed by atoms with van der Waals surface area (Å²) in [6.07, 6.45) is 1.59. The van der Waals surface area contributed by atoms with Gasteiger partial charge in [0.25, 0.3) is 0 Å². The predicted molar refractivity (Wildman–Crippen MR) is 121 cm³/mol. The highest BCUT2D eigenvalue weighted by molar-refractivity contribution is 7.17. The van der Waals surface area contributed by atoms with Gasteiger partial charge in [-0.1, -0.05) is 0 Å². The van der Waals surface area contributed by atoms with Crippen molar-refractivity contribution in [1.82, 2.24) is 9.88 Å². The molecule has 8 nitrogen and oxygen atoms in total. The van der Waals surface area contributed by atoms with Crippen molar-refractivity contribution < 1.29 is 23.8 Å². The molecule has 0 unspecified atom stereocenters. The second-order valence-corrected chi connectivity index (χ2v) is 8.77. The molecule has 1 fully saturated rings. The third kappa shape index (κ3) is 4.23. The van der Waals surface area contributed by atoms with Crippen LogP contribution in [-0.2, 0) is 4.74 Å². The number of ether oxygens (including phenoxy) is 1. The summed E-state index contributed by atoms with van der Waals surface area (Å²) in [6, 6.07) is 2.73. The van der Waals surface area contributed by atoms with Gasteiger partial charge in [-0.2, -0.15) is 0 Å². The first-order valence-corrected chi connectivity index (χ1v) is 11.3. The van der Waals surface area contributed by atoms with Gasteiger partial charge in [-0.05, 0) is 38.9 Å². The Morgan fingerprint density at radius 2 is 2.03 bits per heavy atom. The molecular weight excluding hydrogens is 432 g/mol. The summed E-state index contributed by atoms with van der Waals surface area (Å²) in [5.74, 6) is 0.00426. The van der Waals surface area contributed by atoms with E-state index in [4.69, 9.17) is 9.15 Å². The fourth-order valence-electron chi connectivity index (χ4n) is 3.90. The molecule has 3 aromatic rings. The van der Waals surface area contributed by atoms with E-state index in [1.165, 1.54) is 23.5 Å². The van der Waals surface area contributed by atoms with Crippen LogP contribution in [-0.4, -0.2) is 59.9 Å². The summed E-state index contributed by atoms with van der Waals surface area (Å²) in [5, 5.41) is 10.5. The normalized spacial score (nSPS) is 14.7. The molecule has 1 aliphatic rings. The molecule has 0 aliphatic carbocycles. The van der Waals surface area contributed by atoms with Gasteiger partial charge in [0.15, 0.2) is 22.7 Å². The topological polar surface area (TPSA) is 110 Å². The van der Waals surface area contributed by atoms with Crippen molar-refractivity contribution in [2.75, 3.05) is 32.8 Å². The van der Waals surface area contributed by atoms with Crippen LogP contribution in [0, 0.1) is 13.8 Å². The summed E-state index contributed by atoms with van der Waals surface area (Å²) >= 11 is 1.18. The second kappa shape index (κ2) is 9.32. The van der Waals surface area contributed by atoms with E-state index in [0.29, 0.717) is 39.6 Å². The monoisotopic (exact) mass is 456 g/mol. The van der Waals surface area contributed by atoms with Crippen LogP contribution < -0.4 is 5.43 Å². The number of aryl methyl sites for hydroxylation is 2. The molecule has 1 aliphatic heterocycles. The Balaban J connectivity index is 1.61. The number of nitrogens with zero attached hydrogens (tertiary/aromatic N) is 2. The lowest BCUT2D eigenvalue weighted by Gasteiger charge is -2.26. The van der Waals surface area contributed by atoms with Gasteiger partial charge in [0.1, 0.15) is 11.5 Å². The Kier molecular flexibility index (Phi) is 6.50. The van der Waals surface area contributed by atoms with E-state index in [0.717, 1.165) is 39.3 Å². The molecular formula is C23H24N2O6S. The van der Waals surface area contributed by atoms with Gasteiger partial charge in [-0.3, -0.25) is 19.3 Å². The molecule has 1 N–H and O–H groups in total. The second-order valence-electron chi connectivity index (χ2n) is 7.77. The van der Waals surface area contributed by atoms with Gasteiger partial charge in [-0.25, -0.2) is 4.98 Å². The molecule has 0 bridgehead atoms. The van der Waals surface area contributed by atoms with E-state index in [-0.39, 0.29) is 33.5 Å². The zero-order chi connectivity index (χ0) is 22.8. The quantitative estimate of drug-likeness (QED) is 0.426. The van der Waals surface area contributed by atoms with Crippen LogP contribution in [0.5, 0.6) is 5.75 Å². The van der Waals surface area contributed by atoms with Crippen LogP contribution >= 0.6 is 11.3 Å². The molecule has 1 saturated heterocycles. The van der Waals surface area contributed by atoms with Crippen molar-refractivity contribution in [3.63, 3.8) is 0 Å². The van der Waals surface area contributed by atoms with Gasteiger partial charge in [0, 0.05) is 19.5 Å². The van der Waals surface area contributed by atoms with E-state index < -0.39 is 0 Å². The minimum absolute atomic E-state index is 0.0476. The fraction of sp³-hybridized carbons (Fsp3) is 0.391. The maximum absolute atomic E-state index is 13.2. The largest absolute Gasteiger partial charge is 0.507 e. The summed E-state index contributed by atoms with van der Waals surface area (Å²) in [7, 11) is 0. The number of morpholine rings is 1. The number of rotatable bonds is 7. The van der Waals surface area contributed by atoms with Crippen molar-refractivity contribution in [1.29, 1.82) is 0 Å². The fourth-order valence-corrected chi connectivity index (χ4v) is 5.02. The van der Waals surface area contributed by atoms with E-state index >= 15 is 0 Å². The number of Topliss-reactive ketones (excluding diaryl/α,β-unsaturated/α-hetero) is 1. The van der Waals surface area contributed by atoms with Crippen LogP contribution in [0.25, 0.3) is 21.4 Å². The lowest BCUT2D eigenvalue weighted by atomic mass is 10.1. The first-order valence-electron chi connectivity index (χ1n) is 10.5. The number of hydrogen-bond acceptors (Lipinski definition) is 9. The van der Waals surface area contributed by atoms with Crippen molar-refractivity contribution in [3.8, 4) is 16.2 Å². The van der Waals surface area contributed by atoms with E-state index in [1.807, 2.05) is 0 Å². The summed E-state index contributed by atoms with van der Waals surface area (Å²) in [4.78, 5) is 44.6. The number of phenols is 1. The van der Waals surface area contributed by atoms with Gasteiger partial charge in [-0.15, -0.1) is 11.3 Å². The van der Waals surface area contributed by atoms with Crippen LogP contribution in [0.1, 0.15) is 44.5 Å². The number of benzene rings is 1. The molecule has 0 spiro atoms. The standard InChI is InChI=1S/C23H24N2O6S/c1-13-22(32-23(24-13)18(28)4-3-7-25-8-10-30-11-9-25)19-14(2)31-21-15(20(19)29)5-6-17(27)16(21)12-26/h5-6,12,27H,3-4,7-11H2,1-2H3. The Bertz CT molecular complexity index is 1240. The molecule has 0 saturated carbocycles. The molecule has 168 valence electrons. The van der Waals surface area contributed by atoms with Gasteiger partial charge < -0.3 is 14.3 Å². The Morgan fingerprint density at radius 3 is 2.75 bits per heavy atom. The molecule has 0 amide bonds. The average molecular weight is 457 g/mol. The lowest BCUT2D eigenvalue weighted by molar-refractivity contribution is 0.0371. The summed E-state index contributed by atoms with van der Waals surface area (Å²) in [6.45, 7) is 7.44. The molecule has 32 heavy (non-hydrogen) atoms. The highest BCUT2D eigenvalue weighted by Crippen LogP contribution is 2.34. The van der Waals surface area contributed by atoms with E-state index in [9.17, 15) is 19.5 Å². The molecule has 0 radical (unpaired) electrons. The van der Waals surface area contributed by atoms with Crippen LogP contribution in [0.4, 0.5) is 0 Å². The maximum Gasteiger partial charge on any atom is 0.201 e. The third-order valence-corrected chi connectivity index (χ3v) is 6.83. The van der Waals surface area contributed by atoms with Crippen molar-refractivity contribution in [2.24, 2.45) is 0 Å². The van der Waals surface area contributed by atoms with Crippen LogP contribution in [0.15, 0.2) is 21.3 Å². The Labute approximate surface area is 188 Å². The van der Waals surface area contributed by atoms with Gasteiger partial charge >= 0.3 is 0 Å². The number of carbonyl (C=O) groups excluding carboxylic acids is 2. The smallest absolute Gasteiger partial charge is 0.201 e. The van der Waals surface area contributed by atoms with E-state index in [1.54, 1.807) is 13.8 Å². The minimum atomic E-state index is -0.329. The van der Waals surface area contributed by atoms with Crippen LogP contribution in [0.2, 0.25) is 0 Å². The van der Waals surface area contributed by atoms with Crippen molar-refractivity contribution in [2.45, 2.75) is 26.7 Å². The number of aromatic hydroxyl groups is 1. The Morgan fingerprint density at radius 1 is 1.28 bits per heavy atom. The summed E-state index contributed by atoms with van der Waals surface area (Å²) < 4.78 is 11.1. The number of hydrogen-bond donors (Lipinski definition) is 1. The summed E-state index contributed by atoms with van der Waals surface area (Å²) in [5.41, 5.74) is 0.558. The maximum atomic E-state index is 13.2. The van der Waals surface area contributed by atoms with E-state index in [2.05, 4.69) is 9.88 Å². The molecule has 2 aromatic heterocycles. The average Bonchev–Trinajstić information content (AvgIpc) is 3.15. The van der Waals surface area contributed by atoms with Crippen molar-refractivity contribution in [3.05, 3.63) is 44.4 Å². The zero-order valence-electron chi connectivity index (χ0n) is 18.0. The first kappa shape index (κ1) is 22.3. The lowest BCUT2D eigenvalue weighted by Crippen LogP contribution is -2.36. The number of fused-ring (bicyclic) bond motifs is 1. The third-order valence-electron chi connectivity index (χ3n) is 5.61. The molecule has 0 atom stereocenters.